The number of aryl methyl sites for hydroxylation is 2. The molecule has 4 rings (SSSR count). The molecular weight excluding hydrogens is 326 g/mol. The predicted octanol–water partition coefficient (Wildman–Crippen LogP) is 5.52. The highest BCUT2D eigenvalue weighted by molar-refractivity contribution is 7.19. The summed E-state index contributed by atoms with van der Waals surface area (Å²) in [5, 5.41) is 4.94. The smallest absolute Gasteiger partial charge is 0.225 e. The maximum absolute atomic E-state index is 6.17. The van der Waals surface area contributed by atoms with Gasteiger partial charge in [0.15, 0.2) is 0 Å². The molecule has 1 aliphatic rings. The summed E-state index contributed by atoms with van der Waals surface area (Å²) < 4.78 is 0. The molecule has 2 heterocycles. The van der Waals surface area contributed by atoms with Gasteiger partial charge in [-0.05, 0) is 60.9 Å². The van der Waals surface area contributed by atoms with Crippen molar-refractivity contribution >= 4 is 44.7 Å². The van der Waals surface area contributed by atoms with Crippen LogP contribution < -0.4 is 5.32 Å². The van der Waals surface area contributed by atoms with E-state index in [9.17, 15) is 0 Å². The third-order valence-corrected chi connectivity index (χ3v) is 5.84. The Bertz CT molecular complexity index is 887. The van der Waals surface area contributed by atoms with Gasteiger partial charge in [-0.15, -0.1) is 11.3 Å². The first kappa shape index (κ1) is 14.9. The van der Waals surface area contributed by atoms with Crippen LogP contribution in [-0.2, 0) is 12.8 Å². The summed E-state index contributed by atoms with van der Waals surface area (Å²) in [5.41, 5.74) is 3.66. The highest BCUT2D eigenvalue weighted by atomic mass is 35.5. The van der Waals surface area contributed by atoms with Crippen molar-refractivity contribution in [2.75, 3.05) is 5.32 Å². The zero-order valence-corrected chi connectivity index (χ0v) is 14.8. The molecule has 2 aromatic heterocycles. The fourth-order valence-electron chi connectivity index (χ4n) is 3.25. The summed E-state index contributed by atoms with van der Waals surface area (Å²) in [4.78, 5) is 11.4. The fourth-order valence-corrected chi connectivity index (χ4v) is 4.85. The fraction of sp³-hybridized carbons (Fsp3) is 0.333. The Morgan fingerprint density at radius 3 is 2.91 bits per heavy atom. The minimum Gasteiger partial charge on any atom is -0.339 e. The van der Waals surface area contributed by atoms with Gasteiger partial charge >= 0.3 is 0 Å². The van der Waals surface area contributed by atoms with Gasteiger partial charge in [0.1, 0.15) is 10.6 Å². The van der Waals surface area contributed by atoms with Crippen LogP contribution in [0.2, 0.25) is 5.28 Å². The predicted molar refractivity (Wildman–Crippen MR) is 98.1 cm³/mol. The Kier molecular flexibility index (Phi) is 3.74. The lowest BCUT2D eigenvalue weighted by Crippen LogP contribution is -2.09. The summed E-state index contributed by atoms with van der Waals surface area (Å²) in [6.07, 6.45) is 3.47. The number of anilines is 2. The van der Waals surface area contributed by atoms with Crippen molar-refractivity contribution in [1.82, 2.24) is 9.97 Å². The Labute approximate surface area is 144 Å². The van der Waals surface area contributed by atoms with E-state index < -0.39 is 0 Å². The van der Waals surface area contributed by atoms with Gasteiger partial charge in [0.05, 0.1) is 5.39 Å². The first-order valence-electron chi connectivity index (χ1n) is 7.92. The topological polar surface area (TPSA) is 37.8 Å². The van der Waals surface area contributed by atoms with Gasteiger partial charge in [-0.25, -0.2) is 4.98 Å². The zero-order valence-electron chi connectivity index (χ0n) is 13.2. The van der Waals surface area contributed by atoms with Crippen LogP contribution >= 0.6 is 22.9 Å². The molecule has 0 spiro atoms. The van der Waals surface area contributed by atoms with Crippen molar-refractivity contribution in [2.45, 2.75) is 33.1 Å². The molecule has 23 heavy (non-hydrogen) atoms. The molecule has 118 valence electrons. The number of nitrogens with one attached hydrogen (secondary N) is 1. The maximum atomic E-state index is 6.17. The second-order valence-corrected chi connectivity index (χ2v) is 7.73. The molecular formula is C18H18ClN3S. The van der Waals surface area contributed by atoms with Crippen LogP contribution in [0, 0.1) is 12.8 Å². The number of hydrogen-bond acceptors (Lipinski definition) is 4. The molecule has 0 fully saturated rings. The van der Waals surface area contributed by atoms with E-state index in [-0.39, 0.29) is 0 Å². The number of nitrogens with zero attached hydrogens (tertiary/aromatic N) is 2. The van der Waals surface area contributed by atoms with E-state index in [2.05, 4.69) is 41.3 Å². The number of fused-ring (bicyclic) bond motifs is 3. The molecule has 1 aliphatic carbocycles. The molecule has 3 nitrogen and oxygen atoms in total. The monoisotopic (exact) mass is 343 g/mol. The maximum Gasteiger partial charge on any atom is 0.225 e. The third kappa shape index (κ3) is 2.70. The lowest BCUT2D eigenvalue weighted by Gasteiger charge is -2.18. The summed E-state index contributed by atoms with van der Waals surface area (Å²) in [6, 6.07) is 8.22. The number of hydrogen-bond donors (Lipinski definition) is 1. The molecule has 0 radical (unpaired) electrons. The zero-order chi connectivity index (χ0) is 16.0. The Morgan fingerprint density at radius 1 is 1.26 bits per heavy atom. The normalized spacial score (nSPS) is 17.3. The van der Waals surface area contributed by atoms with Crippen LogP contribution in [0.3, 0.4) is 0 Å². The number of thiophene rings is 1. The lowest BCUT2D eigenvalue weighted by molar-refractivity contribution is 0.509. The quantitative estimate of drug-likeness (QED) is 0.622. The molecule has 1 aromatic carbocycles. The van der Waals surface area contributed by atoms with Crippen LogP contribution in [0.15, 0.2) is 24.3 Å². The van der Waals surface area contributed by atoms with Crippen molar-refractivity contribution in [2.24, 2.45) is 5.92 Å². The van der Waals surface area contributed by atoms with Gasteiger partial charge < -0.3 is 5.32 Å². The van der Waals surface area contributed by atoms with Crippen LogP contribution in [0.4, 0.5) is 11.5 Å². The highest BCUT2D eigenvalue weighted by Gasteiger charge is 2.24. The van der Waals surface area contributed by atoms with E-state index >= 15 is 0 Å². The van der Waals surface area contributed by atoms with Crippen LogP contribution in [0.1, 0.15) is 29.3 Å². The van der Waals surface area contributed by atoms with Crippen molar-refractivity contribution in [3.63, 3.8) is 0 Å². The first-order valence-corrected chi connectivity index (χ1v) is 9.11. The van der Waals surface area contributed by atoms with E-state index in [4.69, 9.17) is 11.6 Å². The molecule has 1 unspecified atom stereocenters. The summed E-state index contributed by atoms with van der Waals surface area (Å²) in [6.45, 7) is 4.41. The third-order valence-electron chi connectivity index (χ3n) is 4.53. The van der Waals surface area contributed by atoms with E-state index in [1.54, 1.807) is 11.3 Å². The minimum atomic E-state index is 0.306. The van der Waals surface area contributed by atoms with Crippen molar-refractivity contribution in [3.05, 3.63) is 45.6 Å². The van der Waals surface area contributed by atoms with Crippen LogP contribution in [0.25, 0.3) is 10.2 Å². The van der Waals surface area contributed by atoms with Gasteiger partial charge in [0, 0.05) is 10.6 Å². The second-order valence-electron chi connectivity index (χ2n) is 6.31. The number of rotatable bonds is 2. The largest absolute Gasteiger partial charge is 0.339 e. The molecule has 1 atom stereocenters. The van der Waals surface area contributed by atoms with Gasteiger partial charge in [0.2, 0.25) is 5.28 Å². The Balaban J connectivity index is 1.87. The van der Waals surface area contributed by atoms with Crippen LogP contribution in [0.5, 0.6) is 0 Å². The molecule has 0 aliphatic heterocycles. The molecule has 0 amide bonds. The summed E-state index contributed by atoms with van der Waals surface area (Å²) in [5.74, 6) is 1.58. The molecule has 0 saturated carbocycles. The number of benzene rings is 1. The molecule has 1 N–H and O–H groups in total. The van der Waals surface area contributed by atoms with E-state index in [0.29, 0.717) is 5.28 Å². The van der Waals surface area contributed by atoms with Crippen molar-refractivity contribution < 1.29 is 0 Å². The number of para-hydroxylation sites is 1. The summed E-state index contributed by atoms with van der Waals surface area (Å²) >= 11 is 7.94. The lowest BCUT2D eigenvalue weighted by atomic mass is 9.89. The Morgan fingerprint density at radius 2 is 2.09 bits per heavy atom. The molecule has 0 bridgehead atoms. The van der Waals surface area contributed by atoms with Gasteiger partial charge in [-0.1, -0.05) is 25.1 Å². The first-order chi connectivity index (χ1) is 11.1. The summed E-state index contributed by atoms with van der Waals surface area (Å²) in [7, 11) is 0. The van der Waals surface area contributed by atoms with Crippen molar-refractivity contribution in [3.8, 4) is 0 Å². The number of aromatic nitrogens is 2. The highest BCUT2D eigenvalue weighted by Crippen LogP contribution is 2.41. The van der Waals surface area contributed by atoms with E-state index in [1.165, 1.54) is 22.4 Å². The van der Waals surface area contributed by atoms with E-state index in [0.717, 1.165) is 40.5 Å². The molecule has 0 saturated heterocycles. The minimum absolute atomic E-state index is 0.306. The van der Waals surface area contributed by atoms with Crippen LogP contribution in [-0.4, -0.2) is 9.97 Å². The van der Waals surface area contributed by atoms with Gasteiger partial charge in [0.25, 0.3) is 0 Å². The SMILES string of the molecule is Cc1ccccc1Nc1nc(Cl)nc2sc3c(c12)CCC(C)C3. The average molecular weight is 344 g/mol. The average Bonchev–Trinajstić information content (AvgIpc) is 2.86. The van der Waals surface area contributed by atoms with E-state index in [1.807, 2.05) is 12.1 Å². The molecule has 5 heteroatoms. The second kappa shape index (κ2) is 5.77. The van der Waals surface area contributed by atoms with Crippen molar-refractivity contribution in [1.29, 1.82) is 0 Å². The van der Waals surface area contributed by atoms with Gasteiger partial charge in [-0.2, -0.15) is 4.98 Å². The Hall–Kier alpha value is -1.65. The molecule has 3 aromatic rings. The standard InChI is InChI=1S/C18H18ClN3S/c1-10-7-8-12-14(9-10)23-17-15(12)16(21-18(19)22-17)20-13-6-4-3-5-11(13)2/h3-6,10H,7-9H2,1-2H3,(H,20,21,22). The number of halogens is 1. The van der Waals surface area contributed by atoms with Gasteiger partial charge in [-0.3, -0.25) is 0 Å².